The second kappa shape index (κ2) is 6.54. The highest BCUT2D eigenvalue weighted by Crippen LogP contribution is 2.13. The topological polar surface area (TPSA) is 53.3 Å². The average molecular weight is 232 g/mol. The van der Waals surface area contributed by atoms with Crippen molar-refractivity contribution < 1.29 is 9.53 Å². The van der Waals surface area contributed by atoms with E-state index in [1.807, 2.05) is 37.3 Å². The maximum Gasteiger partial charge on any atom is 0.227 e. The van der Waals surface area contributed by atoms with E-state index in [1.54, 1.807) is 7.11 Å². The number of likely N-dealkylation sites (N-methyl/N-ethyl adjacent to an activating group) is 1. The molecule has 4 heteroatoms. The Labute approximate surface area is 101 Å². The Balaban J connectivity index is 2.69. The summed E-state index contributed by atoms with van der Waals surface area (Å²) in [4.78, 5) is 13.4. The molecule has 1 amide bonds. The summed E-state index contributed by atoms with van der Waals surface area (Å²) < 4.78 is 5.09. The van der Waals surface area contributed by atoms with Crippen LogP contribution in [-0.4, -0.2) is 31.0 Å². The zero-order chi connectivity index (χ0) is 12.7. The maximum atomic E-state index is 11.9. The Bertz CT molecular complexity index is 424. The van der Waals surface area contributed by atoms with Crippen molar-refractivity contribution in [1.29, 1.82) is 5.26 Å². The fourth-order valence-electron chi connectivity index (χ4n) is 1.53. The molecule has 0 bridgehead atoms. The highest BCUT2D eigenvalue weighted by molar-refractivity contribution is 5.79. The second-order valence-electron chi connectivity index (χ2n) is 3.59. The number of hydrogen-bond acceptors (Lipinski definition) is 3. The summed E-state index contributed by atoms with van der Waals surface area (Å²) in [6.45, 7) is 2.55. The number of nitrogens with zero attached hydrogens (tertiary/aromatic N) is 2. The summed E-state index contributed by atoms with van der Waals surface area (Å²) in [6, 6.07) is 9.38. The van der Waals surface area contributed by atoms with Crippen molar-refractivity contribution in [2.45, 2.75) is 13.3 Å². The van der Waals surface area contributed by atoms with E-state index >= 15 is 0 Å². The lowest BCUT2D eigenvalue weighted by atomic mass is 10.1. The van der Waals surface area contributed by atoms with Crippen LogP contribution in [0, 0.1) is 11.3 Å². The Kier molecular flexibility index (Phi) is 5.02. The number of rotatable bonds is 5. The third kappa shape index (κ3) is 3.80. The van der Waals surface area contributed by atoms with Gasteiger partial charge in [0, 0.05) is 6.54 Å². The molecular weight excluding hydrogens is 216 g/mol. The Morgan fingerprint density at radius 2 is 2.29 bits per heavy atom. The number of amides is 1. The molecule has 0 fully saturated rings. The largest absolute Gasteiger partial charge is 0.497 e. The third-order valence-corrected chi connectivity index (χ3v) is 2.49. The van der Waals surface area contributed by atoms with Gasteiger partial charge in [-0.15, -0.1) is 0 Å². The van der Waals surface area contributed by atoms with Crippen LogP contribution in [0.15, 0.2) is 24.3 Å². The van der Waals surface area contributed by atoms with Gasteiger partial charge < -0.3 is 9.64 Å². The molecule has 0 spiro atoms. The van der Waals surface area contributed by atoms with Crippen molar-refractivity contribution in [1.82, 2.24) is 4.90 Å². The molecule has 0 aromatic heterocycles. The molecule has 0 radical (unpaired) electrons. The minimum absolute atomic E-state index is 0.0395. The van der Waals surface area contributed by atoms with Crippen molar-refractivity contribution in [3.8, 4) is 11.8 Å². The van der Waals surface area contributed by atoms with Crippen molar-refractivity contribution in [2.24, 2.45) is 0 Å². The van der Waals surface area contributed by atoms with Crippen LogP contribution in [0.2, 0.25) is 0 Å². The van der Waals surface area contributed by atoms with E-state index in [9.17, 15) is 4.79 Å². The van der Waals surface area contributed by atoms with Crippen molar-refractivity contribution in [2.75, 3.05) is 20.2 Å². The first-order valence-corrected chi connectivity index (χ1v) is 5.49. The van der Waals surface area contributed by atoms with Crippen molar-refractivity contribution >= 4 is 5.91 Å². The predicted molar refractivity (Wildman–Crippen MR) is 64.6 cm³/mol. The number of methoxy groups -OCH3 is 1. The van der Waals surface area contributed by atoms with Crippen LogP contribution in [-0.2, 0) is 11.2 Å². The Morgan fingerprint density at radius 3 is 2.88 bits per heavy atom. The molecule has 4 nitrogen and oxygen atoms in total. The highest BCUT2D eigenvalue weighted by atomic mass is 16.5. The van der Waals surface area contributed by atoms with Gasteiger partial charge in [-0.1, -0.05) is 12.1 Å². The van der Waals surface area contributed by atoms with Crippen LogP contribution in [0.1, 0.15) is 12.5 Å². The lowest BCUT2D eigenvalue weighted by Crippen LogP contribution is -2.32. The molecule has 0 saturated heterocycles. The first kappa shape index (κ1) is 13.0. The van der Waals surface area contributed by atoms with E-state index in [4.69, 9.17) is 10.00 Å². The summed E-state index contributed by atoms with van der Waals surface area (Å²) in [5, 5.41) is 8.60. The van der Waals surface area contributed by atoms with Crippen molar-refractivity contribution in [3.05, 3.63) is 29.8 Å². The second-order valence-corrected chi connectivity index (χ2v) is 3.59. The minimum Gasteiger partial charge on any atom is -0.497 e. The summed E-state index contributed by atoms with van der Waals surface area (Å²) >= 11 is 0. The van der Waals surface area contributed by atoms with Gasteiger partial charge in [0.1, 0.15) is 12.3 Å². The molecule has 0 aliphatic rings. The Hall–Kier alpha value is -2.02. The van der Waals surface area contributed by atoms with Crippen molar-refractivity contribution in [3.63, 3.8) is 0 Å². The maximum absolute atomic E-state index is 11.9. The van der Waals surface area contributed by atoms with Crippen LogP contribution in [0.4, 0.5) is 0 Å². The standard InChI is InChI=1S/C13H16N2O2/c1-3-15(8-7-14)13(16)10-11-5-4-6-12(9-11)17-2/h4-6,9H,3,8,10H2,1-2H3. The number of nitriles is 1. The van der Waals surface area contributed by atoms with E-state index < -0.39 is 0 Å². The van der Waals surface area contributed by atoms with Gasteiger partial charge in [-0.25, -0.2) is 0 Å². The SMILES string of the molecule is CCN(CC#N)C(=O)Cc1cccc(OC)c1. The van der Waals surface area contributed by atoms with Crippen LogP contribution in [0.5, 0.6) is 5.75 Å². The van der Waals surface area contributed by atoms with Crippen LogP contribution in [0.3, 0.4) is 0 Å². The van der Waals surface area contributed by atoms with Gasteiger partial charge >= 0.3 is 0 Å². The van der Waals surface area contributed by atoms with E-state index in [0.717, 1.165) is 11.3 Å². The fraction of sp³-hybridized carbons (Fsp3) is 0.385. The Morgan fingerprint density at radius 1 is 1.53 bits per heavy atom. The van der Waals surface area contributed by atoms with E-state index in [2.05, 4.69) is 0 Å². The first-order valence-electron chi connectivity index (χ1n) is 5.49. The zero-order valence-corrected chi connectivity index (χ0v) is 10.1. The van der Waals surface area contributed by atoms with Gasteiger partial charge in [-0.2, -0.15) is 5.26 Å². The number of hydrogen-bond donors (Lipinski definition) is 0. The van der Waals surface area contributed by atoms with Gasteiger partial charge in [0.2, 0.25) is 5.91 Å². The van der Waals surface area contributed by atoms with Crippen LogP contribution in [0.25, 0.3) is 0 Å². The van der Waals surface area contributed by atoms with Crippen LogP contribution >= 0.6 is 0 Å². The van der Waals surface area contributed by atoms with Crippen LogP contribution < -0.4 is 4.74 Å². The normalized spacial score (nSPS) is 9.47. The molecular formula is C13H16N2O2. The fourth-order valence-corrected chi connectivity index (χ4v) is 1.53. The number of benzene rings is 1. The first-order chi connectivity index (χ1) is 8.21. The van der Waals surface area contributed by atoms with Gasteiger partial charge in [0.15, 0.2) is 0 Å². The van der Waals surface area contributed by atoms with Gasteiger partial charge in [-0.3, -0.25) is 4.79 Å². The predicted octanol–water partition coefficient (Wildman–Crippen LogP) is 1.61. The highest BCUT2D eigenvalue weighted by Gasteiger charge is 2.11. The quantitative estimate of drug-likeness (QED) is 0.725. The number of ether oxygens (including phenoxy) is 1. The average Bonchev–Trinajstić information content (AvgIpc) is 2.36. The molecule has 1 rings (SSSR count). The number of carbonyl (C=O) groups excluding carboxylic acids is 1. The molecule has 0 aliphatic heterocycles. The molecule has 0 N–H and O–H groups in total. The summed E-state index contributed by atoms with van der Waals surface area (Å²) in [7, 11) is 1.59. The minimum atomic E-state index is -0.0395. The monoisotopic (exact) mass is 232 g/mol. The molecule has 0 saturated carbocycles. The molecule has 0 heterocycles. The summed E-state index contributed by atoms with van der Waals surface area (Å²) in [6.07, 6.45) is 0.298. The van der Waals surface area contributed by atoms with Gasteiger partial charge in [-0.05, 0) is 24.6 Å². The molecule has 17 heavy (non-hydrogen) atoms. The smallest absolute Gasteiger partial charge is 0.227 e. The molecule has 90 valence electrons. The summed E-state index contributed by atoms with van der Waals surface area (Å²) in [5.41, 5.74) is 0.894. The molecule has 0 aliphatic carbocycles. The third-order valence-electron chi connectivity index (χ3n) is 2.49. The molecule has 0 atom stereocenters. The van der Waals surface area contributed by atoms with E-state index in [0.29, 0.717) is 13.0 Å². The molecule has 1 aromatic carbocycles. The van der Waals surface area contributed by atoms with E-state index in [1.165, 1.54) is 4.90 Å². The molecule has 1 aromatic rings. The number of carbonyl (C=O) groups is 1. The summed E-state index contributed by atoms with van der Waals surface area (Å²) in [5.74, 6) is 0.695. The van der Waals surface area contributed by atoms with E-state index in [-0.39, 0.29) is 12.5 Å². The molecule has 0 unspecified atom stereocenters. The van der Waals surface area contributed by atoms with Gasteiger partial charge in [0.05, 0.1) is 19.6 Å². The lowest BCUT2D eigenvalue weighted by molar-refractivity contribution is -0.129. The van der Waals surface area contributed by atoms with Gasteiger partial charge in [0.25, 0.3) is 0 Å². The zero-order valence-electron chi connectivity index (χ0n) is 10.1. The lowest BCUT2D eigenvalue weighted by Gasteiger charge is -2.17.